The summed E-state index contributed by atoms with van der Waals surface area (Å²) in [7, 11) is 1.85. The first-order valence-electron chi connectivity index (χ1n) is 9.96. The van der Waals surface area contributed by atoms with E-state index in [4.69, 9.17) is 4.98 Å². The van der Waals surface area contributed by atoms with Gasteiger partial charge >= 0.3 is 0 Å². The fourth-order valence-corrected chi connectivity index (χ4v) is 4.92. The van der Waals surface area contributed by atoms with Gasteiger partial charge in [-0.1, -0.05) is 26.2 Å². The van der Waals surface area contributed by atoms with E-state index in [1.54, 1.807) is 26.2 Å². The Bertz CT molecular complexity index is 883. The van der Waals surface area contributed by atoms with E-state index in [0.717, 1.165) is 36.4 Å². The van der Waals surface area contributed by atoms with Crippen molar-refractivity contribution in [1.29, 1.82) is 0 Å². The Hall–Kier alpha value is -1.44. The smallest absolute Gasteiger partial charge is 0.242 e. The van der Waals surface area contributed by atoms with E-state index in [0.29, 0.717) is 10.9 Å². The van der Waals surface area contributed by atoms with Gasteiger partial charge in [0, 0.05) is 26.7 Å². The number of fused-ring (bicyclic) bond motifs is 1. The van der Waals surface area contributed by atoms with Gasteiger partial charge in [-0.15, -0.1) is 0 Å². The number of sulfonamides is 1. The van der Waals surface area contributed by atoms with E-state index in [1.807, 2.05) is 6.07 Å². The molecule has 0 N–H and O–H groups in total. The minimum absolute atomic E-state index is 0.299. The molecular weight excluding hydrogens is 360 g/mol. The van der Waals surface area contributed by atoms with Crippen LogP contribution in [-0.4, -0.2) is 54.4 Å². The lowest BCUT2D eigenvalue weighted by Gasteiger charge is -2.31. The largest absolute Gasteiger partial charge is 0.327 e. The zero-order valence-corrected chi connectivity index (χ0v) is 17.8. The number of benzene rings is 1. The van der Waals surface area contributed by atoms with Crippen LogP contribution in [0, 0.1) is 0 Å². The standard InChI is InChI=1S/C20H32N4O2S/c1-5-13-24-19-12-11-17(27(25,26)22(2)3)14-18(19)21-20(24)15-23(4)16-9-7-6-8-10-16/h11-12,14,16H,5-10,13,15H2,1-4H3. The first kappa shape index (κ1) is 20.3. The second-order valence-electron chi connectivity index (χ2n) is 7.82. The number of imidazole rings is 1. The topological polar surface area (TPSA) is 58.4 Å². The molecule has 0 spiro atoms. The zero-order chi connectivity index (χ0) is 19.6. The molecule has 1 aliphatic rings. The SMILES string of the molecule is CCCn1c(CN(C)C2CCCCC2)nc2cc(S(=O)(=O)N(C)C)ccc21. The van der Waals surface area contributed by atoms with Gasteiger partial charge in [0.25, 0.3) is 0 Å². The Morgan fingerprint density at radius 2 is 1.85 bits per heavy atom. The molecular formula is C20H32N4O2S. The quantitative estimate of drug-likeness (QED) is 0.724. The summed E-state index contributed by atoms with van der Waals surface area (Å²) in [5.41, 5.74) is 1.78. The Balaban J connectivity index is 1.95. The highest BCUT2D eigenvalue weighted by molar-refractivity contribution is 7.89. The highest BCUT2D eigenvalue weighted by atomic mass is 32.2. The highest BCUT2D eigenvalue weighted by Gasteiger charge is 2.22. The van der Waals surface area contributed by atoms with Gasteiger partial charge < -0.3 is 4.57 Å². The number of nitrogens with zero attached hydrogens (tertiary/aromatic N) is 4. The minimum Gasteiger partial charge on any atom is -0.327 e. The maximum Gasteiger partial charge on any atom is 0.242 e. The third kappa shape index (κ3) is 4.20. The van der Waals surface area contributed by atoms with Gasteiger partial charge in [0.1, 0.15) is 5.82 Å². The number of hydrogen-bond donors (Lipinski definition) is 0. The second-order valence-corrected chi connectivity index (χ2v) is 9.98. The molecule has 27 heavy (non-hydrogen) atoms. The van der Waals surface area contributed by atoms with Crippen molar-refractivity contribution in [2.45, 2.75) is 69.5 Å². The molecule has 1 aromatic heterocycles. The van der Waals surface area contributed by atoms with Gasteiger partial charge in [-0.05, 0) is 44.5 Å². The average Bonchev–Trinajstić information content (AvgIpc) is 2.99. The fraction of sp³-hybridized carbons (Fsp3) is 0.650. The lowest BCUT2D eigenvalue weighted by molar-refractivity contribution is 0.179. The Kier molecular flexibility index (Phi) is 6.23. The zero-order valence-electron chi connectivity index (χ0n) is 17.0. The molecule has 0 bridgehead atoms. The predicted molar refractivity (Wildman–Crippen MR) is 109 cm³/mol. The normalized spacial score (nSPS) is 16.7. The van der Waals surface area contributed by atoms with Crippen molar-refractivity contribution in [3.8, 4) is 0 Å². The number of aryl methyl sites for hydroxylation is 1. The highest BCUT2D eigenvalue weighted by Crippen LogP contribution is 2.26. The van der Waals surface area contributed by atoms with E-state index < -0.39 is 10.0 Å². The lowest BCUT2D eigenvalue weighted by Crippen LogP contribution is -2.33. The molecule has 6 nitrogen and oxygen atoms in total. The van der Waals surface area contributed by atoms with E-state index in [-0.39, 0.29) is 0 Å². The van der Waals surface area contributed by atoms with Crippen molar-refractivity contribution >= 4 is 21.1 Å². The molecule has 3 rings (SSSR count). The Morgan fingerprint density at radius 3 is 2.48 bits per heavy atom. The minimum atomic E-state index is -3.45. The van der Waals surface area contributed by atoms with Crippen LogP contribution in [0.2, 0.25) is 0 Å². The molecule has 1 heterocycles. The molecule has 0 unspecified atom stereocenters. The van der Waals surface area contributed by atoms with Crippen LogP contribution in [-0.2, 0) is 23.1 Å². The van der Waals surface area contributed by atoms with Crippen LogP contribution in [0.15, 0.2) is 23.1 Å². The molecule has 0 atom stereocenters. The maximum atomic E-state index is 12.5. The van der Waals surface area contributed by atoms with Crippen LogP contribution in [0.25, 0.3) is 11.0 Å². The molecule has 0 aliphatic heterocycles. The molecule has 1 saturated carbocycles. The van der Waals surface area contributed by atoms with Gasteiger partial charge in [0.05, 0.1) is 22.5 Å². The Labute approximate surface area is 163 Å². The summed E-state index contributed by atoms with van der Waals surface area (Å²) < 4.78 is 28.4. The van der Waals surface area contributed by atoms with Crippen molar-refractivity contribution in [1.82, 2.24) is 18.8 Å². The molecule has 0 saturated heterocycles. The Morgan fingerprint density at radius 1 is 1.15 bits per heavy atom. The van der Waals surface area contributed by atoms with Crippen LogP contribution in [0.3, 0.4) is 0 Å². The average molecular weight is 393 g/mol. The van der Waals surface area contributed by atoms with Crippen LogP contribution in [0.1, 0.15) is 51.3 Å². The fourth-order valence-electron chi connectivity index (χ4n) is 4.00. The molecule has 1 aliphatic carbocycles. The van der Waals surface area contributed by atoms with Crippen LogP contribution in [0.4, 0.5) is 0 Å². The second kappa shape index (κ2) is 8.29. The van der Waals surface area contributed by atoms with Gasteiger partial charge in [0.15, 0.2) is 0 Å². The molecule has 1 fully saturated rings. The summed E-state index contributed by atoms with van der Waals surface area (Å²) in [6.07, 6.45) is 7.51. The van der Waals surface area contributed by atoms with E-state index in [1.165, 1.54) is 36.4 Å². The van der Waals surface area contributed by atoms with Gasteiger partial charge in [-0.2, -0.15) is 0 Å². The molecule has 2 aromatic rings. The monoisotopic (exact) mass is 392 g/mol. The van der Waals surface area contributed by atoms with E-state index >= 15 is 0 Å². The third-order valence-corrected chi connectivity index (χ3v) is 7.42. The third-order valence-electron chi connectivity index (χ3n) is 5.61. The van der Waals surface area contributed by atoms with Crippen molar-refractivity contribution in [3.63, 3.8) is 0 Å². The van der Waals surface area contributed by atoms with E-state index in [9.17, 15) is 8.42 Å². The summed E-state index contributed by atoms with van der Waals surface area (Å²) in [6, 6.07) is 5.93. The molecule has 7 heteroatoms. The molecule has 0 amide bonds. The molecule has 1 aromatic carbocycles. The van der Waals surface area contributed by atoms with Crippen LogP contribution < -0.4 is 0 Å². The van der Waals surface area contributed by atoms with Crippen molar-refractivity contribution in [2.24, 2.45) is 0 Å². The first-order chi connectivity index (χ1) is 12.8. The van der Waals surface area contributed by atoms with Crippen LogP contribution in [0.5, 0.6) is 0 Å². The number of rotatable bonds is 7. The summed E-state index contributed by atoms with van der Waals surface area (Å²) in [5.74, 6) is 1.03. The summed E-state index contributed by atoms with van der Waals surface area (Å²) in [6.45, 7) is 3.85. The summed E-state index contributed by atoms with van der Waals surface area (Å²) >= 11 is 0. The van der Waals surface area contributed by atoms with Crippen molar-refractivity contribution in [2.75, 3.05) is 21.1 Å². The molecule has 0 radical (unpaired) electrons. The maximum absolute atomic E-state index is 12.5. The van der Waals surface area contributed by atoms with E-state index in [2.05, 4.69) is 23.4 Å². The van der Waals surface area contributed by atoms with Gasteiger partial charge in [-0.3, -0.25) is 4.90 Å². The molecule has 150 valence electrons. The summed E-state index contributed by atoms with van der Waals surface area (Å²) in [5, 5.41) is 0. The van der Waals surface area contributed by atoms with Gasteiger partial charge in [-0.25, -0.2) is 17.7 Å². The summed E-state index contributed by atoms with van der Waals surface area (Å²) in [4.78, 5) is 7.56. The number of aromatic nitrogens is 2. The lowest BCUT2D eigenvalue weighted by atomic mass is 9.94. The van der Waals surface area contributed by atoms with Crippen molar-refractivity contribution < 1.29 is 8.42 Å². The van der Waals surface area contributed by atoms with Crippen LogP contribution >= 0.6 is 0 Å². The predicted octanol–water partition coefficient (Wildman–Crippen LogP) is 3.46. The van der Waals surface area contributed by atoms with Gasteiger partial charge in [0.2, 0.25) is 10.0 Å². The number of hydrogen-bond acceptors (Lipinski definition) is 4. The van der Waals surface area contributed by atoms with Crippen molar-refractivity contribution in [3.05, 3.63) is 24.0 Å². The first-order valence-corrected chi connectivity index (χ1v) is 11.4.